The molecule has 0 spiro atoms. The smallest absolute Gasteiger partial charge is 0.281 e. The van der Waals surface area contributed by atoms with Crippen molar-refractivity contribution in [1.82, 2.24) is 0 Å². The van der Waals surface area contributed by atoms with Crippen LogP contribution < -0.4 is 5.73 Å². The standard InChI is InChI=1S/C12H27N.CH4O6S2/c1-2-3-4-5-6-7-8-9-10-11-12-13;2-8(3,4)1-9(5,6)7/h2-13H2,1H3;1H2,(H,2,3,4)(H,5,6,7). The lowest BCUT2D eigenvalue weighted by Crippen LogP contribution is -2.13. The van der Waals surface area contributed by atoms with Crippen LogP contribution in [0.4, 0.5) is 0 Å². The lowest BCUT2D eigenvalue weighted by atomic mass is 10.1. The second kappa shape index (κ2) is 14.4. The predicted octanol–water partition coefficient (Wildman–Crippen LogP) is 2.59. The van der Waals surface area contributed by atoms with Gasteiger partial charge in [0, 0.05) is 0 Å². The Kier molecular flexibility index (Phi) is 15.7. The van der Waals surface area contributed by atoms with Gasteiger partial charge in [0.2, 0.25) is 5.08 Å². The van der Waals surface area contributed by atoms with Crippen LogP contribution >= 0.6 is 0 Å². The highest BCUT2D eigenvalue weighted by Crippen LogP contribution is 2.09. The average Bonchev–Trinajstić information content (AvgIpc) is 2.33. The van der Waals surface area contributed by atoms with Gasteiger partial charge in [0.25, 0.3) is 20.2 Å². The van der Waals surface area contributed by atoms with Crippen molar-refractivity contribution < 1.29 is 25.9 Å². The summed E-state index contributed by atoms with van der Waals surface area (Å²) in [6.45, 7) is 3.14. The van der Waals surface area contributed by atoms with Gasteiger partial charge in [-0.15, -0.1) is 0 Å². The van der Waals surface area contributed by atoms with Gasteiger partial charge >= 0.3 is 0 Å². The molecule has 0 radical (unpaired) electrons. The van der Waals surface area contributed by atoms with Crippen molar-refractivity contribution in [2.24, 2.45) is 5.73 Å². The number of rotatable bonds is 12. The molecule has 0 heterocycles. The summed E-state index contributed by atoms with van der Waals surface area (Å²) < 4.78 is 54.2. The van der Waals surface area contributed by atoms with Gasteiger partial charge in [-0.2, -0.15) is 16.8 Å². The first-order valence-corrected chi connectivity index (χ1v) is 10.9. The Morgan fingerprint density at radius 1 is 0.682 bits per heavy atom. The van der Waals surface area contributed by atoms with E-state index in [0.717, 1.165) is 6.54 Å². The highest BCUT2D eigenvalue weighted by Gasteiger charge is 2.15. The fraction of sp³-hybridized carbons (Fsp3) is 1.00. The Bertz CT molecular complexity index is 393. The molecule has 0 fully saturated rings. The first-order chi connectivity index (χ1) is 10.1. The molecule has 0 aliphatic carbocycles. The molecular weight excluding hydrogens is 330 g/mol. The van der Waals surface area contributed by atoms with Crippen LogP contribution in [-0.4, -0.2) is 37.6 Å². The van der Waals surface area contributed by atoms with Gasteiger partial charge in [0.1, 0.15) is 0 Å². The summed E-state index contributed by atoms with van der Waals surface area (Å²) in [5.41, 5.74) is 5.42. The number of nitrogens with two attached hydrogens (primary N) is 1. The summed E-state index contributed by atoms with van der Waals surface area (Å²) in [7, 11) is -9.24. The lowest BCUT2D eigenvalue weighted by molar-refractivity contribution is 0.471. The van der Waals surface area contributed by atoms with E-state index in [4.69, 9.17) is 14.8 Å². The molecule has 0 amide bonds. The molecule has 0 unspecified atom stereocenters. The van der Waals surface area contributed by atoms with E-state index >= 15 is 0 Å². The summed E-state index contributed by atoms with van der Waals surface area (Å²) in [6.07, 6.45) is 13.9. The molecule has 7 nitrogen and oxygen atoms in total. The van der Waals surface area contributed by atoms with Crippen LogP contribution in [0.1, 0.15) is 71.1 Å². The van der Waals surface area contributed by atoms with Crippen molar-refractivity contribution >= 4 is 20.2 Å². The molecule has 0 aromatic rings. The van der Waals surface area contributed by atoms with Gasteiger partial charge in [-0.3, -0.25) is 9.11 Å². The quantitative estimate of drug-likeness (QED) is 0.359. The molecule has 0 rings (SSSR count). The molecule has 136 valence electrons. The Morgan fingerprint density at radius 2 is 1.00 bits per heavy atom. The highest BCUT2D eigenvalue weighted by atomic mass is 32.3. The van der Waals surface area contributed by atoms with Gasteiger partial charge in [-0.1, -0.05) is 64.7 Å². The first-order valence-electron chi connectivity index (χ1n) is 7.72. The number of hydrogen-bond acceptors (Lipinski definition) is 5. The van der Waals surface area contributed by atoms with Crippen LogP contribution in [0.5, 0.6) is 0 Å². The van der Waals surface area contributed by atoms with Gasteiger partial charge < -0.3 is 5.73 Å². The van der Waals surface area contributed by atoms with Crippen molar-refractivity contribution in [3.8, 4) is 0 Å². The fourth-order valence-electron chi connectivity index (χ4n) is 1.82. The van der Waals surface area contributed by atoms with Gasteiger partial charge in [-0.05, 0) is 13.0 Å². The molecule has 0 aromatic heterocycles. The molecule has 0 aromatic carbocycles. The van der Waals surface area contributed by atoms with Crippen molar-refractivity contribution in [3.63, 3.8) is 0 Å². The van der Waals surface area contributed by atoms with Crippen molar-refractivity contribution in [2.45, 2.75) is 71.1 Å². The zero-order valence-electron chi connectivity index (χ0n) is 13.4. The van der Waals surface area contributed by atoms with Crippen LogP contribution in [0.15, 0.2) is 0 Å². The second-order valence-electron chi connectivity index (χ2n) is 5.25. The van der Waals surface area contributed by atoms with Crippen molar-refractivity contribution in [1.29, 1.82) is 0 Å². The third-order valence-corrected chi connectivity index (χ3v) is 5.24. The Morgan fingerprint density at radius 3 is 1.23 bits per heavy atom. The SMILES string of the molecule is CCCCCCCCCCCCN.O=S(=O)(O)CS(=O)(=O)O. The molecule has 0 saturated carbocycles. The molecule has 0 atom stereocenters. The third kappa shape index (κ3) is 28.0. The maximum Gasteiger partial charge on any atom is 0.281 e. The van der Waals surface area contributed by atoms with Crippen LogP contribution in [0.25, 0.3) is 0 Å². The van der Waals surface area contributed by atoms with E-state index < -0.39 is 25.3 Å². The summed E-state index contributed by atoms with van der Waals surface area (Å²) in [5, 5.41) is -1.65. The Labute approximate surface area is 135 Å². The van der Waals surface area contributed by atoms with E-state index in [-0.39, 0.29) is 0 Å². The molecule has 9 heteroatoms. The van der Waals surface area contributed by atoms with Crippen LogP contribution in [0, 0.1) is 0 Å². The molecule has 0 bridgehead atoms. The lowest BCUT2D eigenvalue weighted by Gasteiger charge is -2.00. The average molecular weight is 362 g/mol. The Balaban J connectivity index is 0. The van der Waals surface area contributed by atoms with E-state index in [1.54, 1.807) is 0 Å². The molecule has 22 heavy (non-hydrogen) atoms. The Hall–Kier alpha value is -0.220. The van der Waals surface area contributed by atoms with Gasteiger partial charge in [0.05, 0.1) is 0 Å². The van der Waals surface area contributed by atoms with Gasteiger partial charge in [-0.25, -0.2) is 0 Å². The van der Waals surface area contributed by atoms with Crippen LogP contribution in [-0.2, 0) is 20.2 Å². The van der Waals surface area contributed by atoms with E-state index in [1.807, 2.05) is 0 Å². The summed E-state index contributed by atoms with van der Waals surface area (Å²) in [5.74, 6) is 0. The minimum absolute atomic E-state index is 0.872. The van der Waals surface area contributed by atoms with E-state index in [1.165, 1.54) is 64.2 Å². The molecular formula is C13H31NO6S2. The zero-order chi connectivity index (χ0) is 17.5. The number of hydrogen-bond donors (Lipinski definition) is 3. The zero-order valence-corrected chi connectivity index (χ0v) is 15.0. The van der Waals surface area contributed by atoms with E-state index in [9.17, 15) is 16.8 Å². The summed E-state index contributed by atoms with van der Waals surface area (Å²) in [4.78, 5) is 0. The second-order valence-corrected chi connectivity index (χ2v) is 8.52. The van der Waals surface area contributed by atoms with Gasteiger partial charge in [0.15, 0.2) is 0 Å². The molecule has 0 aliphatic rings. The monoisotopic (exact) mass is 361 g/mol. The van der Waals surface area contributed by atoms with E-state index in [2.05, 4.69) is 6.92 Å². The normalized spacial score (nSPS) is 11.8. The molecule has 4 N–H and O–H groups in total. The first kappa shape index (κ1) is 24.0. The maximum absolute atomic E-state index is 9.66. The summed E-state index contributed by atoms with van der Waals surface area (Å²) in [6, 6.07) is 0. The maximum atomic E-state index is 9.66. The third-order valence-electron chi connectivity index (χ3n) is 2.86. The minimum Gasteiger partial charge on any atom is -0.330 e. The highest BCUT2D eigenvalue weighted by molar-refractivity contribution is 8.02. The molecule has 0 aliphatic heterocycles. The molecule has 0 saturated heterocycles. The fourth-order valence-corrected chi connectivity index (χ4v) is 3.33. The topological polar surface area (TPSA) is 135 Å². The number of unbranched alkanes of at least 4 members (excludes halogenated alkanes) is 9. The van der Waals surface area contributed by atoms with E-state index in [0.29, 0.717) is 0 Å². The summed E-state index contributed by atoms with van der Waals surface area (Å²) >= 11 is 0. The van der Waals surface area contributed by atoms with Crippen molar-refractivity contribution in [2.75, 3.05) is 11.6 Å². The minimum atomic E-state index is -4.62. The van der Waals surface area contributed by atoms with Crippen LogP contribution in [0.3, 0.4) is 0 Å². The largest absolute Gasteiger partial charge is 0.330 e. The predicted molar refractivity (Wildman–Crippen MR) is 88.9 cm³/mol. The van der Waals surface area contributed by atoms with Crippen molar-refractivity contribution in [3.05, 3.63) is 0 Å². The van der Waals surface area contributed by atoms with Crippen LogP contribution in [0.2, 0.25) is 0 Å².